The maximum atomic E-state index is 12.1. The van der Waals surface area contributed by atoms with Crippen molar-refractivity contribution in [2.24, 2.45) is 5.41 Å². The molecule has 0 radical (unpaired) electrons. The minimum atomic E-state index is -3.69. The first-order chi connectivity index (χ1) is 10.1. The Balaban J connectivity index is 4.62. The molecule has 0 aromatic heterocycles. The number of aliphatic hydroxyl groups excluding tert-OH is 2. The fourth-order valence-electron chi connectivity index (χ4n) is 1.69. The predicted octanol–water partition coefficient (Wildman–Crippen LogP) is -0.662. The zero-order chi connectivity index (χ0) is 17.4. The number of unbranched alkanes of at least 4 members (excludes halogenated alkanes) is 1. The number of hydrogen-bond donors (Lipinski definition) is 5. The summed E-state index contributed by atoms with van der Waals surface area (Å²) in [6.07, 6.45) is 1.65. The molecule has 0 fully saturated rings. The topological polar surface area (TPSA) is 147 Å². The van der Waals surface area contributed by atoms with Gasteiger partial charge in [-0.25, -0.2) is 5.06 Å². The van der Waals surface area contributed by atoms with Crippen LogP contribution in [0.4, 0.5) is 0 Å². The Hall–Kier alpha value is -0.830. The van der Waals surface area contributed by atoms with E-state index in [0.717, 1.165) is 6.66 Å². The third-order valence-electron chi connectivity index (χ3n) is 3.29. The van der Waals surface area contributed by atoms with Gasteiger partial charge in [-0.05, 0) is 6.42 Å². The minimum absolute atomic E-state index is 0.100. The van der Waals surface area contributed by atoms with Crippen LogP contribution in [-0.4, -0.2) is 69.9 Å². The van der Waals surface area contributed by atoms with Crippen LogP contribution in [0.3, 0.4) is 0 Å². The van der Waals surface area contributed by atoms with E-state index in [1.54, 1.807) is 0 Å². The van der Waals surface area contributed by atoms with Crippen molar-refractivity contribution in [1.82, 2.24) is 10.4 Å². The summed E-state index contributed by atoms with van der Waals surface area (Å²) in [5.74, 6) is -2.51. The molecule has 3 atom stereocenters. The molecule has 0 aliphatic carbocycles. The summed E-state index contributed by atoms with van der Waals surface area (Å²) < 4.78 is 11.1. The Kier molecular flexibility index (Phi) is 8.99. The zero-order valence-corrected chi connectivity index (χ0v) is 13.7. The molecular formula is C12H25N2O7P. The summed E-state index contributed by atoms with van der Waals surface area (Å²) >= 11 is 0. The molecule has 0 saturated carbocycles. The van der Waals surface area contributed by atoms with Crippen molar-refractivity contribution in [3.8, 4) is 0 Å². The number of nitrogens with zero attached hydrogens (tertiary/aromatic N) is 1. The van der Waals surface area contributed by atoms with Crippen LogP contribution in [0.1, 0.15) is 26.2 Å². The van der Waals surface area contributed by atoms with Crippen molar-refractivity contribution in [2.45, 2.75) is 32.0 Å². The fourth-order valence-corrected chi connectivity index (χ4v) is 2.16. The highest BCUT2D eigenvalue weighted by Gasteiger charge is 2.40. The van der Waals surface area contributed by atoms with Gasteiger partial charge in [0.25, 0.3) is 5.91 Å². The van der Waals surface area contributed by atoms with E-state index in [4.69, 9.17) is 4.89 Å². The van der Waals surface area contributed by atoms with Gasteiger partial charge in [-0.2, -0.15) is 0 Å². The predicted molar refractivity (Wildman–Crippen MR) is 78.4 cm³/mol. The number of nitrogens with one attached hydrogen (secondary N) is 1. The van der Waals surface area contributed by atoms with E-state index in [9.17, 15) is 29.6 Å². The van der Waals surface area contributed by atoms with Crippen LogP contribution in [0.2, 0.25) is 0 Å². The zero-order valence-electron chi connectivity index (χ0n) is 12.8. The lowest BCUT2D eigenvalue weighted by atomic mass is 9.84. The maximum Gasteiger partial charge on any atom is 0.262 e. The molecule has 0 heterocycles. The van der Waals surface area contributed by atoms with E-state index in [1.807, 2.05) is 6.92 Å². The highest BCUT2D eigenvalue weighted by molar-refractivity contribution is 7.57. The molecule has 9 nitrogen and oxygen atoms in total. The molecule has 0 aromatic rings. The molecule has 10 heteroatoms. The van der Waals surface area contributed by atoms with Gasteiger partial charge in [0, 0.05) is 13.2 Å². The van der Waals surface area contributed by atoms with Crippen LogP contribution in [0, 0.1) is 5.41 Å². The monoisotopic (exact) mass is 340 g/mol. The first-order valence-electron chi connectivity index (χ1n) is 6.91. The van der Waals surface area contributed by atoms with Crippen LogP contribution < -0.4 is 5.32 Å². The van der Waals surface area contributed by atoms with Gasteiger partial charge in [0.2, 0.25) is 7.37 Å². The smallest absolute Gasteiger partial charge is 0.262 e. The average molecular weight is 340 g/mol. The number of aliphatic hydroxyl groups is 2. The number of amides is 1. The lowest BCUT2D eigenvalue weighted by Crippen LogP contribution is -2.49. The summed E-state index contributed by atoms with van der Waals surface area (Å²) in [4.78, 5) is 32.4. The van der Waals surface area contributed by atoms with Gasteiger partial charge in [0.05, 0.1) is 13.3 Å². The summed E-state index contributed by atoms with van der Waals surface area (Å²) in [5, 5.41) is 31.0. The van der Waals surface area contributed by atoms with Gasteiger partial charge in [-0.3, -0.25) is 19.9 Å². The number of hydrogen-bond acceptors (Lipinski definition) is 7. The lowest BCUT2D eigenvalue weighted by Gasteiger charge is -2.28. The second-order valence-electron chi connectivity index (χ2n) is 5.28. The van der Waals surface area contributed by atoms with E-state index < -0.39 is 37.8 Å². The molecule has 1 amide bonds. The van der Waals surface area contributed by atoms with Crippen molar-refractivity contribution in [1.29, 1.82) is 0 Å². The second kappa shape index (κ2) is 9.34. The molecule has 3 unspecified atom stereocenters. The van der Waals surface area contributed by atoms with E-state index in [0.29, 0.717) is 19.1 Å². The average Bonchev–Trinajstić information content (AvgIpc) is 2.47. The molecule has 0 aliphatic heterocycles. The van der Waals surface area contributed by atoms with Gasteiger partial charge in [0.15, 0.2) is 0 Å². The molecule has 22 heavy (non-hydrogen) atoms. The van der Waals surface area contributed by atoms with Crippen molar-refractivity contribution >= 4 is 19.6 Å². The minimum Gasteiger partial charge on any atom is -0.395 e. The maximum absolute atomic E-state index is 12.1. The molecule has 5 N–H and O–H groups in total. The Morgan fingerprint density at radius 1 is 1.50 bits per heavy atom. The summed E-state index contributed by atoms with van der Waals surface area (Å²) in [6, 6.07) is 0. The van der Waals surface area contributed by atoms with Crippen molar-refractivity contribution in [3.05, 3.63) is 0 Å². The van der Waals surface area contributed by atoms with Gasteiger partial charge in [-0.1, -0.05) is 19.8 Å². The molecule has 0 aromatic carbocycles. The highest BCUT2D eigenvalue weighted by atomic mass is 31.2. The van der Waals surface area contributed by atoms with E-state index >= 15 is 0 Å². The molecule has 0 bridgehead atoms. The lowest BCUT2D eigenvalue weighted by molar-refractivity contribution is -0.181. The van der Waals surface area contributed by atoms with Crippen LogP contribution >= 0.6 is 7.37 Å². The normalized spacial score (nSPS) is 18.1. The summed E-state index contributed by atoms with van der Waals surface area (Å²) in [6.45, 7) is 1.33. The number of rotatable bonds is 11. The first-order valence-corrected chi connectivity index (χ1v) is 9.09. The third-order valence-corrected chi connectivity index (χ3v) is 4.57. The van der Waals surface area contributed by atoms with Gasteiger partial charge < -0.3 is 19.9 Å². The Morgan fingerprint density at radius 3 is 2.50 bits per heavy atom. The van der Waals surface area contributed by atoms with Crippen molar-refractivity contribution in [2.75, 3.05) is 26.5 Å². The molecule has 130 valence electrons. The van der Waals surface area contributed by atoms with Gasteiger partial charge in [0.1, 0.15) is 17.5 Å². The molecule has 0 spiro atoms. The molecule has 0 rings (SSSR count). The highest BCUT2D eigenvalue weighted by Crippen LogP contribution is 2.39. The third kappa shape index (κ3) is 6.12. The largest absolute Gasteiger partial charge is 0.395 e. The molecular weight excluding hydrogens is 315 g/mol. The van der Waals surface area contributed by atoms with E-state index in [2.05, 4.69) is 5.32 Å². The van der Waals surface area contributed by atoms with Crippen LogP contribution in [0.5, 0.6) is 0 Å². The Morgan fingerprint density at radius 2 is 2.09 bits per heavy atom. The van der Waals surface area contributed by atoms with E-state index in [1.165, 1.54) is 0 Å². The van der Waals surface area contributed by atoms with Gasteiger partial charge >= 0.3 is 0 Å². The van der Waals surface area contributed by atoms with Crippen molar-refractivity contribution < 1.29 is 34.5 Å². The number of carbonyl (C=O) groups excluding carboxylic acids is 2. The number of carbonyl (C=O) groups is 2. The number of aldehydes is 1. The summed E-state index contributed by atoms with van der Waals surface area (Å²) in [7, 11) is -3.69. The van der Waals surface area contributed by atoms with Crippen LogP contribution in [-0.2, 0) is 14.2 Å². The Labute approximate surface area is 129 Å². The first kappa shape index (κ1) is 21.2. The van der Waals surface area contributed by atoms with E-state index in [-0.39, 0.29) is 18.0 Å². The second-order valence-corrected chi connectivity index (χ2v) is 7.76. The standard InChI is InChI=1S/C12H25N2O7P/c1-3-4-5-12(7-15,8-16)11(18)14(19)9-13-6-10(17)22(2,20)21/h7,10,13,16-17,19H,3-6,8-9H2,1-2H3,(H,20,21). The van der Waals surface area contributed by atoms with Crippen LogP contribution in [0.25, 0.3) is 0 Å². The van der Waals surface area contributed by atoms with Crippen LogP contribution in [0.15, 0.2) is 0 Å². The van der Waals surface area contributed by atoms with Gasteiger partial charge in [-0.15, -0.1) is 0 Å². The molecule has 0 aliphatic rings. The Bertz CT molecular complexity index is 414. The SMILES string of the molecule is CCCCC(C=O)(CO)C(=O)N(O)CNCC(O)P(C)(=O)O. The van der Waals surface area contributed by atoms with Crippen molar-refractivity contribution in [3.63, 3.8) is 0 Å². The quantitative estimate of drug-likeness (QED) is 0.0831. The summed E-state index contributed by atoms with van der Waals surface area (Å²) in [5.41, 5.74) is -1.71. The number of hydroxylamine groups is 2. The fraction of sp³-hybridized carbons (Fsp3) is 0.833. The molecule has 0 saturated heterocycles.